The molecular weight excluding hydrogens is 306 g/mol. The summed E-state index contributed by atoms with van der Waals surface area (Å²) < 4.78 is 4.86. The number of rotatable bonds is 4. The molecular formula is C15H10ClN3O3. The van der Waals surface area contributed by atoms with E-state index in [9.17, 15) is 9.59 Å². The molecule has 0 spiro atoms. The highest BCUT2D eigenvalue weighted by atomic mass is 35.5. The molecule has 0 saturated heterocycles. The van der Waals surface area contributed by atoms with Crippen molar-refractivity contribution < 1.29 is 14.3 Å². The van der Waals surface area contributed by atoms with Gasteiger partial charge in [0, 0.05) is 11.9 Å². The van der Waals surface area contributed by atoms with Gasteiger partial charge in [0.15, 0.2) is 6.61 Å². The molecule has 1 N–H and O–H groups in total. The second-order valence-corrected chi connectivity index (χ2v) is 4.57. The van der Waals surface area contributed by atoms with E-state index in [0.29, 0.717) is 11.3 Å². The Kier molecular flexibility index (Phi) is 5.07. The van der Waals surface area contributed by atoms with Gasteiger partial charge in [-0.25, -0.2) is 9.78 Å². The number of nitrogens with zero attached hydrogens (tertiary/aromatic N) is 2. The van der Waals surface area contributed by atoms with E-state index >= 15 is 0 Å². The van der Waals surface area contributed by atoms with Crippen molar-refractivity contribution in [2.75, 3.05) is 11.9 Å². The third kappa shape index (κ3) is 4.30. The lowest BCUT2D eigenvalue weighted by Gasteiger charge is -2.06. The minimum absolute atomic E-state index is 0.198. The summed E-state index contributed by atoms with van der Waals surface area (Å²) in [5.41, 5.74) is 1.07. The van der Waals surface area contributed by atoms with E-state index in [-0.39, 0.29) is 10.7 Å². The van der Waals surface area contributed by atoms with E-state index in [1.807, 2.05) is 6.07 Å². The molecule has 2 aromatic rings. The second-order valence-electron chi connectivity index (χ2n) is 4.19. The zero-order valence-corrected chi connectivity index (χ0v) is 12.0. The van der Waals surface area contributed by atoms with Crippen molar-refractivity contribution in [3.8, 4) is 6.07 Å². The fourth-order valence-corrected chi connectivity index (χ4v) is 1.69. The number of ether oxygens (including phenoxy) is 1. The van der Waals surface area contributed by atoms with Crippen molar-refractivity contribution in [2.24, 2.45) is 0 Å². The van der Waals surface area contributed by atoms with Crippen LogP contribution in [0.2, 0.25) is 5.15 Å². The SMILES string of the molecule is N#Cc1cccc(NC(=O)COC(=O)c2ccc(Cl)nc2)c1. The normalized spacial score (nSPS) is 9.64. The van der Waals surface area contributed by atoms with Crippen molar-refractivity contribution >= 4 is 29.2 Å². The number of halogens is 1. The predicted molar refractivity (Wildman–Crippen MR) is 79.3 cm³/mol. The summed E-state index contributed by atoms with van der Waals surface area (Å²) in [5.74, 6) is -1.18. The number of hydrogen-bond donors (Lipinski definition) is 1. The van der Waals surface area contributed by atoms with Crippen molar-refractivity contribution in [3.05, 3.63) is 58.9 Å². The Hall–Kier alpha value is -2.91. The smallest absolute Gasteiger partial charge is 0.340 e. The summed E-state index contributed by atoms with van der Waals surface area (Å²) in [5, 5.41) is 11.6. The molecule has 0 aliphatic rings. The van der Waals surface area contributed by atoms with E-state index in [2.05, 4.69) is 10.3 Å². The monoisotopic (exact) mass is 315 g/mol. The van der Waals surface area contributed by atoms with E-state index < -0.39 is 18.5 Å². The van der Waals surface area contributed by atoms with Gasteiger partial charge in [0.05, 0.1) is 17.2 Å². The maximum Gasteiger partial charge on any atom is 0.340 e. The lowest BCUT2D eigenvalue weighted by molar-refractivity contribution is -0.119. The molecule has 0 bridgehead atoms. The summed E-state index contributed by atoms with van der Waals surface area (Å²) in [4.78, 5) is 27.1. The molecule has 0 aliphatic carbocycles. The Morgan fingerprint density at radius 3 is 2.82 bits per heavy atom. The maximum atomic E-state index is 11.7. The van der Waals surface area contributed by atoms with Gasteiger partial charge in [0.1, 0.15) is 5.15 Å². The predicted octanol–water partition coefficient (Wildman–Crippen LogP) is 2.40. The number of nitrogens with one attached hydrogen (secondary N) is 1. The molecule has 0 fully saturated rings. The van der Waals surface area contributed by atoms with Crippen LogP contribution in [0.1, 0.15) is 15.9 Å². The second kappa shape index (κ2) is 7.20. The Balaban J connectivity index is 1.88. The number of nitriles is 1. The quantitative estimate of drug-likeness (QED) is 0.691. The molecule has 110 valence electrons. The van der Waals surface area contributed by atoms with Gasteiger partial charge in [-0.1, -0.05) is 17.7 Å². The number of hydrogen-bond acceptors (Lipinski definition) is 5. The average Bonchev–Trinajstić information content (AvgIpc) is 2.53. The van der Waals surface area contributed by atoms with Gasteiger partial charge in [-0.2, -0.15) is 5.26 Å². The molecule has 1 heterocycles. The van der Waals surface area contributed by atoms with E-state index in [1.165, 1.54) is 24.4 Å². The standard InChI is InChI=1S/C15H10ClN3O3/c16-13-5-4-11(8-18-13)15(21)22-9-14(20)19-12-3-1-2-10(6-12)7-17/h1-6,8H,9H2,(H,19,20). The highest BCUT2D eigenvalue weighted by Gasteiger charge is 2.11. The molecule has 2 rings (SSSR count). The van der Waals surface area contributed by atoms with Crippen molar-refractivity contribution in [2.45, 2.75) is 0 Å². The van der Waals surface area contributed by atoms with Gasteiger partial charge < -0.3 is 10.1 Å². The highest BCUT2D eigenvalue weighted by Crippen LogP contribution is 2.10. The third-order valence-corrected chi connectivity index (χ3v) is 2.80. The number of amides is 1. The first-order valence-corrected chi connectivity index (χ1v) is 6.55. The fourth-order valence-electron chi connectivity index (χ4n) is 1.57. The van der Waals surface area contributed by atoms with Gasteiger partial charge in [-0.3, -0.25) is 4.79 Å². The Bertz CT molecular complexity index is 738. The first kappa shape index (κ1) is 15.5. The van der Waals surface area contributed by atoms with Gasteiger partial charge in [-0.15, -0.1) is 0 Å². The van der Waals surface area contributed by atoms with Crippen LogP contribution in [0.25, 0.3) is 0 Å². The number of esters is 1. The maximum absolute atomic E-state index is 11.7. The average molecular weight is 316 g/mol. The van der Waals surface area contributed by atoms with Crippen LogP contribution in [0.15, 0.2) is 42.6 Å². The summed E-state index contributed by atoms with van der Waals surface area (Å²) in [6.07, 6.45) is 1.26. The Morgan fingerprint density at radius 2 is 2.14 bits per heavy atom. The van der Waals surface area contributed by atoms with Crippen LogP contribution in [0.4, 0.5) is 5.69 Å². The lowest BCUT2D eigenvalue weighted by Crippen LogP contribution is -2.21. The molecule has 6 nitrogen and oxygen atoms in total. The number of carbonyl (C=O) groups excluding carboxylic acids is 2. The lowest BCUT2D eigenvalue weighted by atomic mass is 10.2. The molecule has 0 radical (unpaired) electrons. The van der Waals surface area contributed by atoms with E-state index in [4.69, 9.17) is 21.6 Å². The Labute approximate surface area is 131 Å². The third-order valence-electron chi connectivity index (χ3n) is 2.57. The molecule has 0 aliphatic heterocycles. The van der Waals surface area contributed by atoms with Crippen LogP contribution in [-0.2, 0) is 9.53 Å². The zero-order chi connectivity index (χ0) is 15.9. The number of aromatic nitrogens is 1. The van der Waals surface area contributed by atoms with Crippen LogP contribution < -0.4 is 5.32 Å². The fraction of sp³-hybridized carbons (Fsp3) is 0.0667. The first-order chi connectivity index (χ1) is 10.6. The van der Waals surface area contributed by atoms with Crippen LogP contribution in [0.5, 0.6) is 0 Å². The van der Waals surface area contributed by atoms with Gasteiger partial charge >= 0.3 is 5.97 Å². The molecule has 0 saturated carbocycles. The summed E-state index contributed by atoms with van der Waals surface area (Å²) in [6.45, 7) is -0.446. The van der Waals surface area contributed by atoms with E-state index in [0.717, 1.165) is 0 Å². The summed E-state index contributed by atoms with van der Waals surface area (Å²) in [7, 11) is 0. The molecule has 1 amide bonds. The minimum atomic E-state index is -0.676. The summed E-state index contributed by atoms with van der Waals surface area (Å²) in [6, 6.07) is 11.3. The van der Waals surface area contributed by atoms with Crippen LogP contribution in [0.3, 0.4) is 0 Å². The number of carbonyl (C=O) groups is 2. The Morgan fingerprint density at radius 1 is 1.32 bits per heavy atom. The number of benzene rings is 1. The zero-order valence-electron chi connectivity index (χ0n) is 11.2. The van der Waals surface area contributed by atoms with Crippen LogP contribution in [0, 0.1) is 11.3 Å². The van der Waals surface area contributed by atoms with E-state index in [1.54, 1.807) is 18.2 Å². The largest absolute Gasteiger partial charge is 0.452 e. The minimum Gasteiger partial charge on any atom is -0.452 e. The van der Waals surface area contributed by atoms with Gasteiger partial charge in [0.25, 0.3) is 5.91 Å². The molecule has 7 heteroatoms. The van der Waals surface area contributed by atoms with Crippen molar-refractivity contribution in [3.63, 3.8) is 0 Å². The van der Waals surface area contributed by atoms with Crippen molar-refractivity contribution in [1.29, 1.82) is 5.26 Å². The van der Waals surface area contributed by atoms with Crippen molar-refractivity contribution in [1.82, 2.24) is 4.98 Å². The molecule has 0 atom stereocenters. The molecule has 1 aromatic carbocycles. The summed E-state index contributed by atoms with van der Waals surface area (Å²) >= 11 is 5.61. The molecule has 0 unspecified atom stereocenters. The first-order valence-electron chi connectivity index (χ1n) is 6.17. The number of pyridine rings is 1. The van der Waals surface area contributed by atoms with Gasteiger partial charge in [0.2, 0.25) is 0 Å². The molecule has 1 aromatic heterocycles. The van der Waals surface area contributed by atoms with Gasteiger partial charge in [-0.05, 0) is 30.3 Å². The topological polar surface area (TPSA) is 92.1 Å². The van der Waals surface area contributed by atoms with Crippen LogP contribution in [-0.4, -0.2) is 23.5 Å². The highest BCUT2D eigenvalue weighted by molar-refractivity contribution is 6.29. The number of anilines is 1. The molecule has 22 heavy (non-hydrogen) atoms. The van der Waals surface area contributed by atoms with Crippen LogP contribution >= 0.6 is 11.6 Å².